The third-order valence-electron chi connectivity index (χ3n) is 3.58. The topological polar surface area (TPSA) is 21.3 Å². The molecule has 0 aromatic rings. The van der Waals surface area contributed by atoms with Gasteiger partial charge in [-0.05, 0) is 36.8 Å². The third kappa shape index (κ3) is 0.487. The van der Waals surface area contributed by atoms with Gasteiger partial charge in [0.25, 0.3) is 0 Å². The number of hydrogen-bond donors (Lipinski definition) is 1. The van der Waals surface area contributed by atoms with Crippen LogP contribution in [-0.4, -0.2) is 26.3 Å². The normalized spacial score (nSPS) is 57.6. The van der Waals surface area contributed by atoms with E-state index in [0.717, 1.165) is 36.9 Å². The molecule has 0 aromatic heterocycles. The van der Waals surface area contributed by atoms with Crippen molar-refractivity contribution >= 4 is 0 Å². The first-order chi connectivity index (χ1) is 4.97. The Hall–Kier alpha value is -0.0800. The number of hydrogen-bond acceptors (Lipinski definition) is 2. The van der Waals surface area contributed by atoms with E-state index in [-0.39, 0.29) is 0 Å². The van der Waals surface area contributed by atoms with Crippen LogP contribution >= 0.6 is 0 Å². The fraction of sp³-hybridized carbons (Fsp3) is 1.00. The van der Waals surface area contributed by atoms with Crippen LogP contribution in [0, 0.1) is 23.7 Å². The summed E-state index contributed by atoms with van der Waals surface area (Å²) in [4.78, 5) is 0. The van der Waals surface area contributed by atoms with Crippen molar-refractivity contribution in [2.75, 3.05) is 26.3 Å². The second-order valence-electron chi connectivity index (χ2n) is 3.85. The summed E-state index contributed by atoms with van der Waals surface area (Å²) in [6.45, 7) is 4.62. The van der Waals surface area contributed by atoms with Crippen molar-refractivity contribution in [3.05, 3.63) is 0 Å². The lowest BCUT2D eigenvalue weighted by Gasteiger charge is -2.42. The van der Waals surface area contributed by atoms with Gasteiger partial charge in [0.15, 0.2) is 0 Å². The Balaban J connectivity index is 1.84. The van der Waals surface area contributed by atoms with Crippen LogP contribution in [0.1, 0.15) is 0 Å². The molecule has 1 saturated carbocycles. The average molecular weight is 139 g/mol. The van der Waals surface area contributed by atoms with Gasteiger partial charge in [0.2, 0.25) is 0 Å². The molecule has 2 nitrogen and oxygen atoms in total. The maximum Gasteiger partial charge on any atom is 0.0501 e. The van der Waals surface area contributed by atoms with Gasteiger partial charge in [-0.3, -0.25) is 0 Å². The summed E-state index contributed by atoms with van der Waals surface area (Å²) in [5, 5.41) is 3.46. The zero-order valence-corrected chi connectivity index (χ0v) is 6.05. The summed E-state index contributed by atoms with van der Waals surface area (Å²) in [5.41, 5.74) is 0. The molecule has 1 aliphatic carbocycles. The summed E-state index contributed by atoms with van der Waals surface area (Å²) in [5.74, 6) is 3.82. The van der Waals surface area contributed by atoms with Gasteiger partial charge in [-0.2, -0.15) is 0 Å². The average Bonchev–Trinajstić information content (AvgIpc) is 2.42. The zero-order valence-electron chi connectivity index (χ0n) is 6.05. The molecular formula is C8H13NO. The predicted molar refractivity (Wildman–Crippen MR) is 37.6 cm³/mol. The molecule has 4 atom stereocenters. The molecule has 56 valence electrons. The molecule has 1 N–H and O–H groups in total. The van der Waals surface area contributed by atoms with Gasteiger partial charge < -0.3 is 10.1 Å². The molecule has 2 aliphatic heterocycles. The summed E-state index contributed by atoms with van der Waals surface area (Å²) in [7, 11) is 0. The largest absolute Gasteiger partial charge is 0.381 e. The second-order valence-corrected chi connectivity index (χ2v) is 3.85. The maximum absolute atomic E-state index is 5.44. The van der Waals surface area contributed by atoms with Gasteiger partial charge >= 0.3 is 0 Å². The minimum atomic E-state index is 0.931. The SMILES string of the molecule is C1NC[C@@H]2[C@@H]1[C@H]1COC[C@@H]21. The van der Waals surface area contributed by atoms with Crippen LogP contribution in [0.5, 0.6) is 0 Å². The van der Waals surface area contributed by atoms with Crippen LogP contribution in [0.25, 0.3) is 0 Å². The molecule has 0 spiro atoms. The van der Waals surface area contributed by atoms with Crippen molar-refractivity contribution in [3.63, 3.8) is 0 Å². The van der Waals surface area contributed by atoms with E-state index < -0.39 is 0 Å². The molecule has 3 fully saturated rings. The fourth-order valence-electron chi connectivity index (χ4n) is 2.98. The Morgan fingerprint density at radius 3 is 2.10 bits per heavy atom. The van der Waals surface area contributed by atoms with E-state index in [2.05, 4.69) is 5.32 Å². The maximum atomic E-state index is 5.44. The Morgan fingerprint density at radius 1 is 0.900 bits per heavy atom. The Labute approximate surface area is 60.9 Å². The van der Waals surface area contributed by atoms with E-state index in [1.807, 2.05) is 0 Å². The van der Waals surface area contributed by atoms with Crippen LogP contribution in [0.2, 0.25) is 0 Å². The van der Waals surface area contributed by atoms with Crippen molar-refractivity contribution in [1.82, 2.24) is 5.32 Å². The molecule has 2 saturated heterocycles. The van der Waals surface area contributed by atoms with Crippen LogP contribution in [-0.2, 0) is 4.74 Å². The first-order valence-corrected chi connectivity index (χ1v) is 4.25. The van der Waals surface area contributed by atoms with Crippen molar-refractivity contribution in [2.45, 2.75) is 0 Å². The molecule has 0 bridgehead atoms. The Morgan fingerprint density at radius 2 is 1.50 bits per heavy atom. The van der Waals surface area contributed by atoms with E-state index in [1.165, 1.54) is 13.1 Å². The first kappa shape index (κ1) is 5.56. The van der Waals surface area contributed by atoms with Gasteiger partial charge in [0.1, 0.15) is 0 Å². The van der Waals surface area contributed by atoms with Crippen LogP contribution < -0.4 is 5.32 Å². The highest BCUT2D eigenvalue weighted by atomic mass is 16.5. The van der Waals surface area contributed by atoms with Gasteiger partial charge in [0.05, 0.1) is 13.2 Å². The molecule has 3 aliphatic rings. The molecule has 10 heavy (non-hydrogen) atoms. The zero-order chi connectivity index (χ0) is 6.55. The standard InChI is InChI=1S/C8H13NO/c1-5-6(2-9-1)8-4-10-3-7(5)8/h5-9H,1-4H2/t5-,6-,7-,8+/m1/s1. The molecule has 0 radical (unpaired) electrons. The van der Waals surface area contributed by atoms with E-state index in [1.54, 1.807) is 0 Å². The second kappa shape index (κ2) is 1.74. The summed E-state index contributed by atoms with van der Waals surface area (Å²) < 4.78 is 5.44. The Bertz CT molecular complexity index is 117. The van der Waals surface area contributed by atoms with Gasteiger partial charge in [0, 0.05) is 0 Å². The minimum Gasteiger partial charge on any atom is -0.381 e. The monoisotopic (exact) mass is 139 g/mol. The molecular weight excluding hydrogens is 126 g/mol. The van der Waals surface area contributed by atoms with Crippen LogP contribution in [0.15, 0.2) is 0 Å². The van der Waals surface area contributed by atoms with Gasteiger partial charge in [-0.1, -0.05) is 0 Å². The highest BCUT2D eigenvalue weighted by Crippen LogP contribution is 2.51. The van der Waals surface area contributed by atoms with Crippen molar-refractivity contribution in [3.8, 4) is 0 Å². The molecule has 0 unspecified atom stereocenters. The van der Waals surface area contributed by atoms with Crippen molar-refractivity contribution in [1.29, 1.82) is 0 Å². The van der Waals surface area contributed by atoms with Gasteiger partial charge in [-0.25, -0.2) is 0 Å². The molecule has 0 amide bonds. The summed E-state index contributed by atoms with van der Waals surface area (Å²) in [6, 6.07) is 0. The van der Waals surface area contributed by atoms with Crippen LogP contribution in [0.3, 0.4) is 0 Å². The fourth-order valence-corrected chi connectivity index (χ4v) is 2.98. The van der Waals surface area contributed by atoms with E-state index in [9.17, 15) is 0 Å². The summed E-state index contributed by atoms with van der Waals surface area (Å²) in [6.07, 6.45) is 0. The quantitative estimate of drug-likeness (QED) is 0.514. The highest BCUT2D eigenvalue weighted by Gasteiger charge is 2.54. The number of nitrogens with one attached hydrogen (secondary N) is 1. The number of ether oxygens (including phenoxy) is 1. The van der Waals surface area contributed by atoms with Crippen LogP contribution in [0.4, 0.5) is 0 Å². The molecule has 2 heteroatoms. The minimum absolute atomic E-state index is 0.931. The predicted octanol–water partition coefficient (Wildman–Crippen LogP) is 0.0982. The number of fused-ring (bicyclic) bond motifs is 4. The lowest BCUT2D eigenvalue weighted by Crippen LogP contribution is -2.44. The van der Waals surface area contributed by atoms with E-state index >= 15 is 0 Å². The van der Waals surface area contributed by atoms with E-state index in [0.29, 0.717) is 0 Å². The first-order valence-electron chi connectivity index (χ1n) is 4.25. The molecule has 3 rings (SSSR count). The highest BCUT2D eigenvalue weighted by molar-refractivity contribution is 5.04. The molecule has 2 heterocycles. The third-order valence-corrected chi connectivity index (χ3v) is 3.58. The van der Waals surface area contributed by atoms with E-state index in [4.69, 9.17) is 4.74 Å². The Kier molecular flexibility index (Phi) is 0.968. The van der Waals surface area contributed by atoms with Crippen molar-refractivity contribution in [2.24, 2.45) is 23.7 Å². The lowest BCUT2D eigenvalue weighted by atomic mass is 9.60. The van der Waals surface area contributed by atoms with Crippen molar-refractivity contribution < 1.29 is 4.74 Å². The van der Waals surface area contributed by atoms with Gasteiger partial charge in [-0.15, -0.1) is 0 Å². The smallest absolute Gasteiger partial charge is 0.0501 e. The lowest BCUT2D eigenvalue weighted by molar-refractivity contribution is 0.0629. The summed E-state index contributed by atoms with van der Waals surface area (Å²) >= 11 is 0. The number of rotatable bonds is 0. The molecule has 0 aromatic carbocycles.